The van der Waals surface area contributed by atoms with E-state index >= 15 is 0 Å². The van der Waals surface area contributed by atoms with Crippen LogP contribution in [0, 0.1) is 5.92 Å². The predicted molar refractivity (Wildman–Crippen MR) is 157 cm³/mol. The van der Waals surface area contributed by atoms with Crippen LogP contribution >= 0.6 is 7.52 Å². The molecule has 4 atom stereocenters. The number of carbonyl (C=O) groups excluding carboxylic acids is 2. The van der Waals surface area contributed by atoms with E-state index in [0.717, 1.165) is 49.7 Å². The summed E-state index contributed by atoms with van der Waals surface area (Å²) in [6.45, 7) is 16.8. The summed E-state index contributed by atoms with van der Waals surface area (Å²) in [5.41, 5.74) is 1.57. The highest BCUT2D eigenvalue weighted by molar-refractivity contribution is 7.74. The summed E-state index contributed by atoms with van der Waals surface area (Å²) >= 11 is 0. The lowest BCUT2D eigenvalue weighted by atomic mass is 9.68. The molecule has 0 radical (unpaired) electrons. The highest BCUT2D eigenvalue weighted by Gasteiger charge is 2.47. The average Bonchev–Trinajstić information content (AvgIpc) is 2.82. The van der Waals surface area contributed by atoms with Crippen LogP contribution in [0.1, 0.15) is 111 Å². The minimum atomic E-state index is -4.42. The molecule has 4 unspecified atom stereocenters. The predicted octanol–water partition coefficient (Wildman–Crippen LogP) is 8.08. The Bertz CT molecular complexity index is 1160. The van der Waals surface area contributed by atoms with Crippen molar-refractivity contribution in [1.29, 1.82) is 0 Å². The molecule has 1 aromatic rings. The minimum Gasteiger partial charge on any atom is -0.487 e. The number of carbonyl (C=O) groups is 2. The van der Waals surface area contributed by atoms with Crippen LogP contribution in [0.15, 0.2) is 23.8 Å². The molecule has 0 aromatic heterocycles. The van der Waals surface area contributed by atoms with Gasteiger partial charge in [-0.25, -0.2) is 14.4 Å². The number of unbranched alkanes of at least 4 members (excludes halogenated alkanes) is 2. The Morgan fingerprint density at radius 3 is 2.40 bits per heavy atom. The standard InChI is InChI=1S/C31H48NO7P/c1-10-11-12-13-23-17-26-28(24-16-21(6)14-15-25(24)31(8,9)38-26)27(18-23)39-40(35,30(34)37-20(4)5)32-22(7)29(33)36-19(2)3/h16-20,22,24-25H,10-15H2,1-9H3,(H,32,35). The molecule has 0 spiro atoms. The van der Waals surface area contributed by atoms with Gasteiger partial charge in [0.25, 0.3) is 0 Å². The third-order valence-corrected chi connectivity index (χ3v) is 9.22. The van der Waals surface area contributed by atoms with Crippen LogP contribution in [-0.2, 0) is 25.3 Å². The normalized spacial score (nSPS) is 21.8. The third-order valence-electron chi connectivity index (χ3n) is 7.45. The van der Waals surface area contributed by atoms with Crippen molar-refractivity contribution in [1.82, 2.24) is 5.09 Å². The van der Waals surface area contributed by atoms with E-state index in [4.69, 9.17) is 18.7 Å². The van der Waals surface area contributed by atoms with Gasteiger partial charge in [0.05, 0.1) is 12.2 Å². The Balaban J connectivity index is 2.13. The zero-order chi connectivity index (χ0) is 29.8. The lowest BCUT2D eigenvalue weighted by Gasteiger charge is -2.47. The van der Waals surface area contributed by atoms with Crippen LogP contribution in [0.3, 0.4) is 0 Å². The van der Waals surface area contributed by atoms with E-state index in [1.54, 1.807) is 27.7 Å². The van der Waals surface area contributed by atoms with Crippen molar-refractivity contribution in [3.05, 3.63) is 34.9 Å². The number of benzene rings is 1. The fourth-order valence-corrected chi connectivity index (χ4v) is 7.15. The van der Waals surface area contributed by atoms with E-state index in [-0.39, 0.29) is 17.9 Å². The first-order valence-electron chi connectivity index (χ1n) is 14.7. The maximum Gasteiger partial charge on any atom is 0.424 e. The molecule has 0 saturated heterocycles. The van der Waals surface area contributed by atoms with Crippen LogP contribution in [0.2, 0.25) is 0 Å². The zero-order valence-electron chi connectivity index (χ0n) is 25.7. The van der Waals surface area contributed by atoms with Gasteiger partial charge >= 0.3 is 19.2 Å². The van der Waals surface area contributed by atoms with Crippen LogP contribution in [-0.4, -0.2) is 35.5 Å². The zero-order valence-corrected chi connectivity index (χ0v) is 26.6. The summed E-state index contributed by atoms with van der Waals surface area (Å²) in [7, 11) is -4.42. The second kappa shape index (κ2) is 13.1. The highest BCUT2D eigenvalue weighted by atomic mass is 31.2. The Hall–Kier alpha value is -2.31. The molecule has 0 fully saturated rings. The molecule has 2 aliphatic rings. The molecule has 1 heterocycles. The molecule has 0 bridgehead atoms. The fourth-order valence-electron chi connectivity index (χ4n) is 5.53. The average molecular weight is 578 g/mol. The molecule has 1 aromatic carbocycles. The van der Waals surface area contributed by atoms with Gasteiger partial charge in [-0.2, -0.15) is 0 Å². The van der Waals surface area contributed by atoms with Gasteiger partial charge in [-0.05, 0) is 98.8 Å². The van der Waals surface area contributed by atoms with Gasteiger partial charge in [0.2, 0.25) is 0 Å². The van der Waals surface area contributed by atoms with Crippen molar-refractivity contribution in [2.75, 3.05) is 0 Å². The van der Waals surface area contributed by atoms with Gasteiger partial charge < -0.3 is 18.7 Å². The molecule has 0 saturated carbocycles. The highest BCUT2D eigenvalue weighted by Crippen LogP contribution is 2.57. The Morgan fingerprint density at radius 2 is 1.77 bits per heavy atom. The van der Waals surface area contributed by atoms with Crippen molar-refractivity contribution in [2.24, 2.45) is 5.92 Å². The summed E-state index contributed by atoms with van der Waals surface area (Å²) in [6, 6.07) is 2.86. The second-order valence-electron chi connectivity index (χ2n) is 12.3. The van der Waals surface area contributed by atoms with Crippen LogP contribution in [0.25, 0.3) is 0 Å². The number of rotatable bonds is 12. The molecule has 40 heavy (non-hydrogen) atoms. The fraction of sp³-hybridized carbons (Fsp3) is 0.677. The number of fused-ring (bicyclic) bond motifs is 3. The van der Waals surface area contributed by atoms with Crippen molar-refractivity contribution in [3.63, 3.8) is 0 Å². The van der Waals surface area contributed by atoms with Crippen LogP contribution in [0.5, 0.6) is 11.5 Å². The first-order chi connectivity index (χ1) is 18.7. The van der Waals surface area contributed by atoms with E-state index in [9.17, 15) is 14.2 Å². The topological polar surface area (TPSA) is 100 Å². The van der Waals surface area contributed by atoms with Gasteiger partial charge in [-0.3, -0.25) is 4.79 Å². The van der Waals surface area contributed by atoms with Crippen molar-refractivity contribution >= 4 is 19.2 Å². The number of esters is 1. The number of hydrogen-bond donors (Lipinski definition) is 1. The molecular weight excluding hydrogens is 529 g/mol. The minimum absolute atomic E-state index is 0.0370. The van der Waals surface area contributed by atoms with E-state index in [1.165, 1.54) is 12.5 Å². The quantitative estimate of drug-likeness (QED) is 0.115. The molecule has 3 rings (SSSR count). The molecular formula is C31H48NO7P. The van der Waals surface area contributed by atoms with E-state index in [0.29, 0.717) is 11.5 Å². The van der Waals surface area contributed by atoms with Crippen LogP contribution < -0.4 is 14.3 Å². The van der Waals surface area contributed by atoms with Gasteiger partial charge in [0.1, 0.15) is 23.1 Å². The van der Waals surface area contributed by atoms with Gasteiger partial charge in [0.15, 0.2) is 0 Å². The first kappa shape index (κ1) is 32.2. The van der Waals surface area contributed by atoms with Crippen molar-refractivity contribution in [3.8, 4) is 11.5 Å². The largest absolute Gasteiger partial charge is 0.487 e. The monoisotopic (exact) mass is 577 g/mol. The second-order valence-corrected chi connectivity index (χ2v) is 14.2. The van der Waals surface area contributed by atoms with Gasteiger partial charge in [-0.1, -0.05) is 31.4 Å². The maximum absolute atomic E-state index is 14.4. The number of aryl methyl sites for hydroxylation is 1. The Labute approximate surface area is 240 Å². The van der Waals surface area contributed by atoms with E-state index in [1.807, 2.05) is 6.07 Å². The molecule has 8 nitrogen and oxygen atoms in total. The lowest BCUT2D eigenvalue weighted by molar-refractivity contribution is -0.149. The van der Waals surface area contributed by atoms with Crippen LogP contribution in [0.4, 0.5) is 4.79 Å². The van der Waals surface area contributed by atoms with Gasteiger partial charge in [0, 0.05) is 17.4 Å². The first-order valence-corrected chi connectivity index (χ1v) is 16.3. The summed E-state index contributed by atoms with van der Waals surface area (Å²) < 4.78 is 37.9. The molecule has 9 heteroatoms. The smallest absolute Gasteiger partial charge is 0.424 e. The maximum atomic E-state index is 14.4. The SMILES string of the molecule is CCCCCc1cc2c(c(OP(=O)(NC(C)C(=O)OC(C)C)C(=O)OC(C)C)c1)C1C=C(C)CCC1C(C)(C)O2. The molecule has 224 valence electrons. The number of ether oxygens (including phenoxy) is 3. The Kier molecular flexibility index (Phi) is 10.6. The molecule has 1 aliphatic carbocycles. The van der Waals surface area contributed by atoms with Crippen molar-refractivity contribution < 1.29 is 32.9 Å². The molecule has 1 aliphatic heterocycles. The number of nitrogens with one attached hydrogen (secondary N) is 1. The van der Waals surface area contributed by atoms with Crippen molar-refractivity contribution in [2.45, 2.75) is 131 Å². The molecule has 1 N–H and O–H groups in total. The summed E-state index contributed by atoms with van der Waals surface area (Å²) in [4.78, 5) is 25.9. The third kappa shape index (κ3) is 7.70. The summed E-state index contributed by atoms with van der Waals surface area (Å²) in [5, 5.41) is 2.66. The lowest BCUT2D eigenvalue weighted by Crippen LogP contribution is -2.45. The Morgan fingerprint density at radius 1 is 1.10 bits per heavy atom. The number of hydrogen-bond acceptors (Lipinski definition) is 7. The van der Waals surface area contributed by atoms with E-state index < -0.39 is 36.9 Å². The van der Waals surface area contributed by atoms with Gasteiger partial charge in [-0.15, -0.1) is 0 Å². The van der Waals surface area contributed by atoms with E-state index in [2.05, 4.69) is 44.9 Å². The molecule has 0 amide bonds. The summed E-state index contributed by atoms with van der Waals surface area (Å²) in [5.74, 6) is 0.498. The number of allylic oxidation sites excluding steroid dienone is 2. The summed E-state index contributed by atoms with van der Waals surface area (Å²) in [6.07, 6.45) is 7.18.